The summed E-state index contributed by atoms with van der Waals surface area (Å²) in [5, 5.41) is 28.9. The molecule has 4 aliphatic rings. The van der Waals surface area contributed by atoms with E-state index in [4.69, 9.17) is 31.0 Å². The lowest BCUT2D eigenvalue weighted by molar-refractivity contribution is -0.144. The standard InChI is InChI=1S/C59H71ClFN11O7S/c1-37(61)56(76)71-27-26-70(32-42(71)19-22-62)54-45-20-25-69(48-14-7-11-40-10-6-13-46(60)51(40)48)34-47(45)65-58(67-54)79-35-43-12-8-23-68(43)24-9-28-78-29-21-50(74)66-53(59(3,4)5)57(77)72-33-44(73)30-49(72)55(75)63-31-39-15-17-41(18-16-39)52-38(2)64-36-80-52/h6-7,10-11,13-18,36,42-44,49,53,73H,1,8-9,12,19-21,23-35H2,2-5H3,(H,63,75)(H,66,74)/t42-,43+,44+,49+,53-/m1/s1. The summed E-state index contributed by atoms with van der Waals surface area (Å²) in [6.45, 7) is 15.5. The quantitative estimate of drug-likeness (QED) is 0.0523. The Labute approximate surface area is 475 Å². The van der Waals surface area contributed by atoms with Crippen LogP contribution in [0.3, 0.4) is 0 Å². The van der Waals surface area contributed by atoms with Gasteiger partial charge < -0.3 is 44.8 Å². The van der Waals surface area contributed by atoms with Gasteiger partial charge in [0.05, 0.1) is 64.6 Å². The number of anilines is 2. The van der Waals surface area contributed by atoms with Crippen LogP contribution in [0.25, 0.3) is 21.2 Å². The van der Waals surface area contributed by atoms with Crippen LogP contribution >= 0.6 is 22.9 Å². The number of rotatable bonds is 20. The number of aromatic nitrogens is 3. The predicted octanol–water partition coefficient (Wildman–Crippen LogP) is 7.14. The molecule has 0 spiro atoms. The Bertz CT molecular complexity index is 3110. The van der Waals surface area contributed by atoms with Crippen LogP contribution in [-0.4, -0.2) is 154 Å². The molecule has 3 fully saturated rings. The topological polar surface area (TPSA) is 210 Å². The lowest BCUT2D eigenvalue weighted by Crippen LogP contribution is -2.57. The number of β-amino-alcohol motifs (C(OH)–C–C–N with tert-alkyl or cyclic N) is 1. The summed E-state index contributed by atoms with van der Waals surface area (Å²) in [5.74, 6) is -2.33. The molecule has 9 rings (SSSR count). The number of benzene rings is 3. The minimum atomic E-state index is -1.06. The van der Waals surface area contributed by atoms with Crippen LogP contribution in [0.4, 0.5) is 15.9 Å². The van der Waals surface area contributed by atoms with Gasteiger partial charge in [-0.15, -0.1) is 11.3 Å². The molecular formula is C59H71ClFN11O7S. The number of aryl methyl sites for hydroxylation is 1. The molecule has 2 aromatic heterocycles. The third-order valence-corrected chi connectivity index (χ3v) is 16.9. The number of nitrogens with zero attached hydrogens (tertiary/aromatic N) is 9. The largest absolute Gasteiger partial charge is 0.462 e. The fourth-order valence-corrected chi connectivity index (χ4v) is 12.5. The van der Waals surface area contributed by atoms with Crippen molar-refractivity contribution in [2.24, 2.45) is 5.41 Å². The van der Waals surface area contributed by atoms with Crippen LogP contribution in [0.15, 0.2) is 78.6 Å². The van der Waals surface area contributed by atoms with Crippen LogP contribution in [0.1, 0.15) is 81.8 Å². The lowest BCUT2D eigenvalue weighted by atomic mass is 9.85. The van der Waals surface area contributed by atoms with Crippen molar-refractivity contribution in [1.29, 1.82) is 5.26 Å². The first-order valence-electron chi connectivity index (χ1n) is 27.6. The molecule has 424 valence electrons. The maximum absolute atomic E-state index is 14.2. The Kier molecular flexibility index (Phi) is 18.7. The van der Waals surface area contributed by atoms with E-state index in [1.54, 1.807) is 11.3 Å². The molecule has 3 N–H and O–H groups in total. The molecule has 0 saturated carbocycles. The second kappa shape index (κ2) is 25.8. The maximum Gasteiger partial charge on any atom is 0.318 e. The zero-order valence-corrected chi connectivity index (χ0v) is 47.5. The number of fused-ring (bicyclic) bond motifs is 2. The summed E-state index contributed by atoms with van der Waals surface area (Å²) >= 11 is 8.36. The second-order valence-corrected chi connectivity index (χ2v) is 23.5. The number of aliphatic hydroxyl groups excluding tert-OH is 1. The fourth-order valence-electron chi connectivity index (χ4n) is 11.4. The molecule has 6 heterocycles. The number of aliphatic hydroxyl groups is 1. The third kappa shape index (κ3) is 13.5. The van der Waals surface area contributed by atoms with E-state index in [1.165, 1.54) is 9.80 Å². The summed E-state index contributed by atoms with van der Waals surface area (Å²) in [6, 6.07) is 20.0. The number of hydrogen-bond acceptors (Lipinski definition) is 15. The van der Waals surface area contributed by atoms with Gasteiger partial charge in [-0.05, 0) is 73.2 Å². The van der Waals surface area contributed by atoms with Crippen molar-refractivity contribution in [2.45, 2.75) is 116 Å². The molecule has 5 atom stereocenters. The van der Waals surface area contributed by atoms with E-state index in [1.807, 2.05) is 87.8 Å². The molecule has 0 radical (unpaired) electrons. The van der Waals surface area contributed by atoms with Crippen LogP contribution < -0.4 is 25.2 Å². The number of nitrogens with one attached hydrogen (secondary N) is 2. The van der Waals surface area contributed by atoms with Gasteiger partial charge >= 0.3 is 6.01 Å². The average Bonchev–Trinajstić information content (AvgIpc) is 4.28. The molecule has 21 heteroatoms. The van der Waals surface area contributed by atoms with Gasteiger partial charge in [-0.1, -0.05) is 87.5 Å². The molecule has 3 saturated heterocycles. The normalized spacial score (nSPS) is 19.9. The first-order valence-corrected chi connectivity index (χ1v) is 28.8. The lowest BCUT2D eigenvalue weighted by Gasteiger charge is -2.42. The highest BCUT2D eigenvalue weighted by molar-refractivity contribution is 7.13. The highest BCUT2D eigenvalue weighted by Gasteiger charge is 2.45. The highest BCUT2D eigenvalue weighted by Crippen LogP contribution is 2.38. The minimum absolute atomic E-state index is 0.0172. The van der Waals surface area contributed by atoms with E-state index >= 15 is 0 Å². The number of carbonyl (C=O) groups excluding carboxylic acids is 4. The van der Waals surface area contributed by atoms with E-state index < -0.39 is 47.3 Å². The summed E-state index contributed by atoms with van der Waals surface area (Å²) in [7, 11) is 0. The third-order valence-electron chi connectivity index (χ3n) is 15.6. The number of thiazole rings is 1. The van der Waals surface area contributed by atoms with Gasteiger partial charge in [0.1, 0.15) is 24.5 Å². The highest BCUT2D eigenvalue weighted by atomic mass is 35.5. The number of halogens is 2. The first-order chi connectivity index (χ1) is 38.5. The van der Waals surface area contributed by atoms with Gasteiger partial charge in [0.25, 0.3) is 5.91 Å². The molecule has 18 nitrogen and oxygen atoms in total. The minimum Gasteiger partial charge on any atom is -0.462 e. The van der Waals surface area contributed by atoms with Gasteiger partial charge in [-0.3, -0.25) is 24.1 Å². The molecule has 3 aromatic carbocycles. The fraction of sp³-hybridized carbons (Fsp3) is 0.492. The molecule has 4 aliphatic heterocycles. The van der Waals surface area contributed by atoms with Crippen molar-refractivity contribution in [2.75, 3.05) is 75.4 Å². The van der Waals surface area contributed by atoms with Gasteiger partial charge in [-0.2, -0.15) is 15.2 Å². The van der Waals surface area contributed by atoms with Gasteiger partial charge in [-0.25, -0.2) is 9.37 Å². The van der Waals surface area contributed by atoms with Crippen molar-refractivity contribution in [3.8, 4) is 22.5 Å². The molecule has 0 bridgehead atoms. The number of piperazine rings is 1. The van der Waals surface area contributed by atoms with E-state index in [-0.39, 0.29) is 75.9 Å². The van der Waals surface area contributed by atoms with Crippen molar-refractivity contribution in [1.82, 2.24) is 40.3 Å². The first kappa shape index (κ1) is 57.9. The van der Waals surface area contributed by atoms with Crippen LogP contribution in [0.5, 0.6) is 6.01 Å². The van der Waals surface area contributed by atoms with Crippen molar-refractivity contribution >= 4 is 68.8 Å². The number of amides is 4. The van der Waals surface area contributed by atoms with E-state index in [2.05, 4.69) is 49.0 Å². The van der Waals surface area contributed by atoms with Crippen molar-refractivity contribution in [3.05, 3.63) is 106 Å². The van der Waals surface area contributed by atoms with Gasteiger partial charge in [0, 0.05) is 87.9 Å². The molecule has 5 aromatic rings. The Balaban J connectivity index is 0.772. The van der Waals surface area contributed by atoms with Crippen molar-refractivity contribution in [3.63, 3.8) is 0 Å². The Morgan fingerprint density at radius 2 is 1.77 bits per heavy atom. The number of nitriles is 1. The second-order valence-electron chi connectivity index (χ2n) is 22.2. The van der Waals surface area contributed by atoms with Crippen LogP contribution in [0.2, 0.25) is 5.02 Å². The summed E-state index contributed by atoms with van der Waals surface area (Å²) < 4.78 is 26.6. The number of carbonyl (C=O) groups is 4. The predicted molar refractivity (Wildman–Crippen MR) is 306 cm³/mol. The smallest absolute Gasteiger partial charge is 0.318 e. The molecule has 0 aliphatic carbocycles. The van der Waals surface area contributed by atoms with Gasteiger partial charge in [0.2, 0.25) is 17.7 Å². The molecule has 4 amide bonds. The van der Waals surface area contributed by atoms with E-state index in [9.17, 15) is 33.9 Å². The van der Waals surface area contributed by atoms with E-state index in [0.29, 0.717) is 56.5 Å². The molecule has 80 heavy (non-hydrogen) atoms. The summed E-state index contributed by atoms with van der Waals surface area (Å²) in [5.41, 5.74) is 6.77. The van der Waals surface area contributed by atoms with Crippen LogP contribution in [-0.2, 0) is 43.4 Å². The Morgan fingerprint density at radius 1 is 0.988 bits per heavy atom. The number of hydrogen-bond donors (Lipinski definition) is 3. The zero-order chi connectivity index (χ0) is 56.7. The Morgan fingerprint density at radius 3 is 2.51 bits per heavy atom. The van der Waals surface area contributed by atoms with E-state index in [0.717, 1.165) is 75.3 Å². The average molecular weight is 1130 g/mol. The van der Waals surface area contributed by atoms with Crippen molar-refractivity contribution < 1.29 is 38.1 Å². The van der Waals surface area contributed by atoms with Crippen LogP contribution in [0, 0.1) is 23.7 Å². The molecular weight excluding hydrogens is 1060 g/mol. The summed E-state index contributed by atoms with van der Waals surface area (Å²) in [4.78, 5) is 78.9. The number of likely N-dealkylation sites (tertiary alicyclic amines) is 2. The Hall–Kier alpha value is -6.76. The maximum atomic E-state index is 14.2. The zero-order valence-electron chi connectivity index (χ0n) is 46.0. The van der Waals surface area contributed by atoms with Gasteiger partial charge in [0.15, 0.2) is 5.83 Å². The number of ether oxygens (including phenoxy) is 2. The SMILES string of the molecule is C=C(F)C(=O)N1CCN(c2nc(OC[C@@H]3CCCN3CCCOCCC(=O)N[C@H](C(=O)N3C[C@@H](O)C[C@H]3C(=O)NCc3ccc(-c4scnc4C)cc3)C(C)(C)C)nc3c2CCN(c2cccc4cccc(Cl)c24)C3)C[C@H]1CC#N. The monoisotopic (exact) mass is 1130 g/mol. The molecule has 0 unspecified atom stereocenters. The summed E-state index contributed by atoms with van der Waals surface area (Å²) in [6.07, 6.45) is 2.49.